The van der Waals surface area contributed by atoms with Crippen molar-refractivity contribution in [3.8, 4) is 5.75 Å². The molecule has 0 bridgehead atoms. The lowest BCUT2D eigenvalue weighted by molar-refractivity contribution is -0.145. The number of ketones is 1. The fourth-order valence-corrected chi connectivity index (χ4v) is 2.50. The Hall–Kier alpha value is -3.72. The van der Waals surface area contributed by atoms with Gasteiger partial charge in [-0.05, 0) is 43.3 Å². The van der Waals surface area contributed by atoms with E-state index < -0.39 is 30.3 Å². The third kappa shape index (κ3) is 6.14. The molecule has 1 amide bonds. The number of Topliss-reactive ketones (excluding diaryl/α,β-unsaturated/α-hetero) is 1. The molecule has 0 aromatic heterocycles. The molecule has 1 unspecified atom stereocenters. The van der Waals surface area contributed by atoms with Crippen molar-refractivity contribution in [2.75, 3.05) is 19.8 Å². The van der Waals surface area contributed by atoms with Crippen molar-refractivity contribution in [2.24, 2.45) is 5.73 Å². The lowest BCUT2D eigenvalue weighted by atomic mass is 10.0. The monoisotopic (exact) mass is 413 g/mol. The van der Waals surface area contributed by atoms with Crippen LogP contribution in [0.1, 0.15) is 33.2 Å². The first-order valence-electron chi connectivity index (χ1n) is 9.14. The Kier molecular flexibility index (Phi) is 8.07. The molecule has 2 aromatic rings. The van der Waals surface area contributed by atoms with E-state index in [4.69, 9.17) is 20.6 Å². The highest BCUT2D eigenvalue weighted by Crippen LogP contribution is 2.14. The maximum atomic E-state index is 12.6. The number of amides is 1. The molecule has 2 aromatic carbocycles. The lowest BCUT2D eigenvalue weighted by Crippen LogP contribution is -2.43. The molecule has 9 nitrogen and oxygen atoms in total. The second kappa shape index (κ2) is 10.7. The van der Waals surface area contributed by atoms with Crippen LogP contribution in [0.4, 0.5) is 0 Å². The Morgan fingerprint density at radius 1 is 1.03 bits per heavy atom. The fourth-order valence-electron chi connectivity index (χ4n) is 2.50. The fraction of sp³-hybridized carbons (Fsp3) is 0.238. The molecule has 1 atom stereocenters. The van der Waals surface area contributed by atoms with E-state index in [1.807, 2.05) is 0 Å². The first-order chi connectivity index (χ1) is 14.3. The van der Waals surface area contributed by atoms with Crippen molar-refractivity contribution in [3.05, 3.63) is 65.2 Å². The summed E-state index contributed by atoms with van der Waals surface area (Å²) in [6.07, 6.45) is 0. The summed E-state index contributed by atoms with van der Waals surface area (Å²) in [5, 5.41) is 19.4. The SMILES string of the molecule is CCOC(=O)COc1ccc(C(=O)C(CO)NC(=O)c2ccc(C(=N)N)cc2)cc1. The van der Waals surface area contributed by atoms with E-state index in [2.05, 4.69) is 5.32 Å². The zero-order valence-corrected chi connectivity index (χ0v) is 16.4. The minimum absolute atomic E-state index is 0.125. The van der Waals surface area contributed by atoms with Crippen molar-refractivity contribution in [2.45, 2.75) is 13.0 Å². The summed E-state index contributed by atoms with van der Waals surface area (Å²) in [7, 11) is 0. The van der Waals surface area contributed by atoms with Crippen molar-refractivity contribution in [1.82, 2.24) is 5.32 Å². The molecule has 0 saturated carbocycles. The third-order valence-corrected chi connectivity index (χ3v) is 4.06. The predicted molar refractivity (Wildman–Crippen MR) is 109 cm³/mol. The number of carbonyl (C=O) groups excluding carboxylic acids is 3. The normalized spacial score (nSPS) is 11.3. The molecule has 0 spiro atoms. The molecular formula is C21H23N3O6. The largest absolute Gasteiger partial charge is 0.482 e. The summed E-state index contributed by atoms with van der Waals surface area (Å²) in [6, 6.07) is 10.8. The molecule has 0 aliphatic heterocycles. The number of aliphatic hydroxyl groups is 1. The maximum Gasteiger partial charge on any atom is 0.344 e. The van der Waals surface area contributed by atoms with E-state index in [1.54, 1.807) is 6.92 Å². The van der Waals surface area contributed by atoms with Crippen LogP contribution in [0, 0.1) is 5.41 Å². The third-order valence-electron chi connectivity index (χ3n) is 4.06. The van der Waals surface area contributed by atoms with Gasteiger partial charge < -0.3 is 25.6 Å². The van der Waals surface area contributed by atoms with Gasteiger partial charge in [-0.15, -0.1) is 0 Å². The van der Waals surface area contributed by atoms with Crippen molar-refractivity contribution in [1.29, 1.82) is 5.41 Å². The van der Waals surface area contributed by atoms with Crippen LogP contribution < -0.4 is 15.8 Å². The highest BCUT2D eigenvalue weighted by atomic mass is 16.6. The molecule has 9 heteroatoms. The average molecular weight is 413 g/mol. The van der Waals surface area contributed by atoms with Crippen molar-refractivity contribution >= 4 is 23.5 Å². The summed E-state index contributed by atoms with van der Waals surface area (Å²) in [6.45, 7) is 1.11. The first-order valence-corrected chi connectivity index (χ1v) is 9.14. The number of aliphatic hydroxyl groups excluding tert-OH is 1. The Morgan fingerprint density at radius 3 is 2.13 bits per heavy atom. The average Bonchev–Trinajstić information content (AvgIpc) is 2.76. The molecule has 2 rings (SSSR count). The van der Waals surface area contributed by atoms with E-state index in [-0.39, 0.29) is 30.2 Å². The topological polar surface area (TPSA) is 152 Å². The Balaban J connectivity index is 2.00. The predicted octanol–water partition coefficient (Wildman–Crippen LogP) is 0.886. The van der Waals surface area contributed by atoms with Gasteiger partial charge in [-0.1, -0.05) is 12.1 Å². The highest BCUT2D eigenvalue weighted by molar-refractivity contribution is 6.04. The molecule has 0 radical (unpaired) electrons. The minimum Gasteiger partial charge on any atom is -0.482 e. The van der Waals surface area contributed by atoms with Gasteiger partial charge in [-0.3, -0.25) is 15.0 Å². The van der Waals surface area contributed by atoms with Gasteiger partial charge in [-0.2, -0.15) is 0 Å². The Bertz CT molecular complexity index is 909. The van der Waals surface area contributed by atoms with Crippen LogP contribution in [0.2, 0.25) is 0 Å². The molecule has 0 heterocycles. The molecule has 30 heavy (non-hydrogen) atoms. The Labute approximate surface area is 173 Å². The quantitative estimate of drug-likeness (QED) is 0.195. The zero-order valence-electron chi connectivity index (χ0n) is 16.4. The maximum absolute atomic E-state index is 12.6. The van der Waals surface area contributed by atoms with Gasteiger partial charge in [0.15, 0.2) is 12.4 Å². The van der Waals surface area contributed by atoms with Gasteiger partial charge in [0.1, 0.15) is 17.6 Å². The van der Waals surface area contributed by atoms with Crippen LogP contribution in [0.5, 0.6) is 5.75 Å². The summed E-state index contributed by atoms with van der Waals surface area (Å²) in [5.74, 6) is -1.29. The van der Waals surface area contributed by atoms with Crippen LogP contribution in [0.3, 0.4) is 0 Å². The van der Waals surface area contributed by atoms with Gasteiger partial charge in [0.25, 0.3) is 5.91 Å². The van der Waals surface area contributed by atoms with E-state index in [0.717, 1.165) is 0 Å². The number of nitrogens with one attached hydrogen (secondary N) is 2. The van der Waals surface area contributed by atoms with E-state index >= 15 is 0 Å². The van der Waals surface area contributed by atoms with Crippen molar-refractivity contribution in [3.63, 3.8) is 0 Å². The van der Waals surface area contributed by atoms with Crippen LogP contribution in [0.15, 0.2) is 48.5 Å². The second-order valence-corrected chi connectivity index (χ2v) is 6.18. The smallest absolute Gasteiger partial charge is 0.344 e. The highest BCUT2D eigenvalue weighted by Gasteiger charge is 2.22. The number of hydrogen-bond acceptors (Lipinski definition) is 7. The van der Waals surface area contributed by atoms with E-state index in [1.165, 1.54) is 48.5 Å². The van der Waals surface area contributed by atoms with Gasteiger partial charge in [0.05, 0.1) is 13.2 Å². The van der Waals surface area contributed by atoms with E-state index in [9.17, 15) is 19.5 Å². The van der Waals surface area contributed by atoms with Crippen LogP contribution in [-0.4, -0.2) is 54.5 Å². The summed E-state index contributed by atoms with van der Waals surface area (Å²) in [4.78, 5) is 36.3. The molecule has 5 N–H and O–H groups in total. The number of nitrogen functional groups attached to an aromatic ring is 1. The number of benzene rings is 2. The number of nitrogens with two attached hydrogens (primary N) is 1. The van der Waals surface area contributed by atoms with Crippen molar-refractivity contribution < 1.29 is 29.0 Å². The number of hydrogen-bond donors (Lipinski definition) is 4. The summed E-state index contributed by atoms with van der Waals surface area (Å²) in [5.41, 5.74) is 6.35. The summed E-state index contributed by atoms with van der Waals surface area (Å²) < 4.78 is 10.0. The summed E-state index contributed by atoms with van der Waals surface area (Å²) >= 11 is 0. The van der Waals surface area contributed by atoms with Gasteiger partial charge in [0.2, 0.25) is 0 Å². The molecule has 0 saturated heterocycles. The number of carbonyl (C=O) groups is 3. The zero-order chi connectivity index (χ0) is 22.1. The molecule has 0 aliphatic carbocycles. The van der Waals surface area contributed by atoms with Crippen LogP contribution in [-0.2, 0) is 9.53 Å². The molecule has 158 valence electrons. The van der Waals surface area contributed by atoms with Crippen LogP contribution >= 0.6 is 0 Å². The number of esters is 1. The minimum atomic E-state index is -1.14. The standard InChI is InChI=1S/C21H23N3O6/c1-2-29-18(26)12-30-16-9-7-13(8-10-16)19(27)17(11-25)24-21(28)15-5-3-14(4-6-15)20(22)23/h3-10,17,25H,2,11-12H2,1H3,(H3,22,23)(H,24,28). The second-order valence-electron chi connectivity index (χ2n) is 6.18. The number of amidine groups is 1. The van der Waals surface area contributed by atoms with Gasteiger partial charge >= 0.3 is 5.97 Å². The number of ether oxygens (including phenoxy) is 2. The van der Waals surface area contributed by atoms with E-state index in [0.29, 0.717) is 11.3 Å². The van der Waals surface area contributed by atoms with Gasteiger partial charge in [-0.25, -0.2) is 4.79 Å². The number of rotatable bonds is 10. The first kappa shape index (κ1) is 22.6. The molecular weight excluding hydrogens is 390 g/mol. The van der Waals surface area contributed by atoms with Crippen LogP contribution in [0.25, 0.3) is 0 Å². The lowest BCUT2D eigenvalue weighted by Gasteiger charge is -2.16. The Morgan fingerprint density at radius 2 is 1.60 bits per heavy atom. The molecule has 0 aliphatic rings. The molecule has 0 fully saturated rings. The van der Waals surface area contributed by atoms with Gasteiger partial charge in [0, 0.05) is 16.7 Å².